The summed E-state index contributed by atoms with van der Waals surface area (Å²) in [5.74, 6) is 1.76. The summed E-state index contributed by atoms with van der Waals surface area (Å²) < 4.78 is 5.33. The Hall–Kier alpha value is -1.50. The van der Waals surface area contributed by atoms with E-state index in [9.17, 15) is 4.79 Å². The Morgan fingerprint density at radius 1 is 1.30 bits per heavy atom. The number of rotatable bonds is 6. The van der Waals surface area contributed by atoms with Crippen LogP contribution >= 0.6 is 0 Å². The predicted molar refractivity (Wildman–Crippen MR) is 104 cm³/mol. The van der Waals surface area contributed by atoms with Crippen LogP contribution in [0.1, 0.15) is 31.2 Å². The number of nitrogens with one attached hydrogen (secondary N) is 1. The van der Waals surface area contributed by atoms with Gasteiger partial charge < -0.3 is 15.0 Å². The molecule has 0 radical (unpaired) electrons. The molecule has 1 aromatic rings. The van der Waals surface area contributed by atoms with Crippen LogP contribution in [-0.4, -0.2) is 72.7 Å². The van der Waals surface area contributed by atoms with E-state index in [1.54, 1.807) is 0 Å². The first-order valence-corrected chi connectivity index (χ1v) is 10.5. The highest BCUT2D eigenvalue weighted by Crippen LogP contribution is 2.31. The van der Waals surface area contributed by atoms with Crippen molar-refractivity contribution in [3.05, 3.63) is 30.1 Å². The zero-order chi connectivity index (χ0) is 18.5. The van der Waals surface area contributed by atoms with Crippen LogP contribution in [0.5, 0.6) is 0 Å². The number of fused-ring (bicyclic) bond motifs is 2. The summed E-state index contributed by atoms with van der Waals surface area (Å²) in [5, 5.41) is 3.77. The van der Waals surface area contributed by atoms with Crippen molar-refractivity contribution in [3.63, 3.8) is 0 Å². The number of carbonyl (C=O) groups excluding carboxylic acids is 1. The summed E-state index contributed by atoms with van der Waals surface area (Å²) in [7, 11) is 0. The fourth-order valence-corrected chi connectivity index (χ4v) is 4.93. The quantitative estimate of drug-likeness (QED) is 0.821. The number of likely N-dealkylation sites (tertiary alicyclic amines) is 1. The minimum atomic E-state index is 0.300. The van der Waals surface area contributed by atoms with Crippen LogP contribution in [0.2, 0.25) is 0 Å². The third kappa shape index (κ3) is 5.06. The molecule has 2 bridgehead atoms. The van der Waals surface area contributed by atoms with Crippen molar-refractivity contribution in [2.24, 2.45) is 11.8 Å². The molecule has 0 aliphatic carbocycles. The van der Waals surface area contributed by atoms with E-state index in [1.807, 2.05) is 23.4 Å². The molecule has 3 atom stereocenters. The van der Waals surface area contributed by atoms with Crippen molar-refractivity contribution in [2.45, 2.75) is 38.3 Å². The van der Waals surface area contributed by atoms with Gasteiger partial charge in [0.05, 0.1) is 13.2 Å². The first-order valence-electron chi connectivity index (χ1n) is 10.5. The standard InChI is InChI=1S/C21H32N4O2/c26-21(25-7-9-27-10-8-25)5-1-4-20-19-11-18(13-23-20)15-24(16-19)14-17-3-2-6-22-12-17/h2-3,6,12,18-20,23H,1,4-5,7-11,13-16H2/t18-,19+,20+/m0/s1. The Labute approximate surface area is 162 Å². The number of ether oxygens (including phenoxy) is 1. The summed E-state index contributed by atoms with van der Waals surface area (Å²) in [4.78, 5) is 21.2. The number of carbonyl (C=O) groups is 1. The highest BCUT2D eigenvalue weighted by Gasteiger charge is 2.36. The van der Waals surface area contributed by atoms with Crippen LogP contribution in [0.15, 0.2) is 24.5 Å². The largest absolute Gasteiger partial charge is 0.378 e. The van der Waals surface area contributed by atoms with Crippen LogP contribution < -0.4 is 5.32 Å². The van der Waals surface area contributed by atoms with E-state index in [4.69, 9.17) is 4.74 Å². The molecule has 0 saturated carbocycles. The molecule has 1 N–H and O–H groups in total. The fourth-order valence-electron chi connectivity index (χ4n) is 4.93. The number of pyridine rings is 1. The molecule has 1 aromatic heterocycles. The molecule has 6 heteroatoms. The molecule has 0 aromatic carbocycles. The molecule has 3 aliphatic heterocycles. The molecule has 3 fully saturated rings. The highest BCUT2D eigenvalue weighted by atomic mass is 16.5. The van der Waals surface area contributed by atoms with Crippen LogP contribution in [-0.2, 0) is 16.1 Å². The second-order valence-corrected chi connectivity index (χ2v) is 8.32. The van der Waals surface area contributed by atoms with Gasteiger partial charge in [-0.3, -0.25) is 14.7 Å². The van der Waals surface area contributed by atoms with Crippen LogP contribution in [0.3, 0.4) is 0 Å². The number of hydrogen-bond acceptors (Lipinski definition) is 5. The molecule has 4 heterocycles. The zero-order valence-corrected chi connectivity index (χ0v) is 16.2. The van der Waals surface area contributed by atoms with E-state index in [-0.39, 0.29) is 0 Å². The Bertz CT molecular complexity index is 605. The third-order valence-electron chi connectivity index (χ3n) is 6.28. The Kier molecular flexibility index (Phi) is 6.37. The van der Waals surface area contributed by atoms with E-state index in [0.717, 1.165) is 51.5 Å². The van der Waals surface area contributed by atoms with Crippen molar-refractivity contribution < 1.29 is 9.53 Å². The highest BCUT2D eigenvalue weighted by molar-refractivity contribution is 5.76. The van der Waals surface area contributed by atoms with E-state index < -0.39 is 0 Å². The molecule has 6 nitrogen and oxygen atoms in total. The lowest BCUT2D eigenvalue weighted by atomic mass is 9.79. The Morgan fingerprint density at radius 3 is 3.00 bits per heavy atom. The maximum absolute atomic E-state index is 12.3. The van der Waals surface area contributed by atoms with Crippen molar-refractivity contribution in [3.8, 4) is 0 Å². The topological polar surface area (TPSA) is 57.7 Å². The molecule has 3 saturated heterocycles. The summed E-state index contributed by atoms with van der Waals surface area (Å²) >= 11 is 0. The van der Waals surface area contributed by atoms with Crippen molar-refractivity contribution >= 4 is 5.91 Å². The number of amides is 1. The van der Waals surface area contributed by atoms with E-state index in [2.05, 4.69) is 21.3 Å². The minimum absolute atomic E-state index is 0.300. The monoisotopic (exact) mass is 372 g/mol. The summed E-state index contributed by atoms with van der Waals surface area (Å²) in [6.45, 7) is 7.34. The van der Waals surface area contributed by atoms with Gasteiger partial charge in [-0.1, -0.05) is 6.07 Å². The minimum Gasteiger partial charge on any atom is -0.378 e. The molecular weight excluding hydrogens is 340 g/mol. The number of nitrogens with zero attached hydrogens (tertiary/aromatic N) is 3. The Morgan fingerprint density at radius 2 is 2.19 bits per heavy atom. The molecule has 4 rings (SSSR count). The maximum Gasteiger partial charge on any atom is 0.222 e. The van der Waals surface area contributed by atoms with E-state index >= 15 is 0 Å². The predicted octanol–water partition coefficient (Wildman–Crippen LogP) is 1.52. The van der Waals surface area contributed by atoms with Gasteiger partial charge in [0, 0.05) is 57.6 Å². The average Bonchev–Trinajstić information content (AvgIpc) is 2.71. The molecule has 27 heavy (non-hydrogen) atoms. The maximum atomic E-state index is 12.3. The van der Waals surface area contributed by atoms with Crippen molar-refractivity contribution in [1.82, 2.24) is 20.1 Å². The molecular formula is C21H32N4O2. The molecule has 148 valence electrons. The molecule has 3 aliphatic rings. The number of hydrogen-bond donors (Lipinski definition) is 1. The van der Waals surface area contributed by atoms with E-state index in [0.29, 0.717) is 37.5 Å². The van der Waals surface area contributed by atoms with Gasteiger partial charge in [0.25, 0.3) is 0 Å². The van der Waals surface area contributed by atoms with Crippen molar-refractivity contribution in [2.75, 3.05) is 45.9 Å². The fraction of sp³-hybridized carbons (Fsp3) is 0.714. The van der Waals surface area contributed by atoms with Crippen molar-refractivity contribution in [1.29, 1.82) is 0 Å². The Balaban J connectivity index is 1.24. The van der Waals surface area contributed by atoms with Crippen LogP contribution in [0.4, 0.5) is 0 Å². The summed E-state index contributed by atoms with van der Waals surface area (Å²) in [5.41, 5.74) is 1.30. The molecule has 0 unspecified atom stereocenters. The lowest BCUT2D eigenvalue weighted by Crippen LogP contribution is -2.55. The first-order chi connectivity index (χ1) is 13.3. The second kappa shape index (κ2) is 9.13. The van der Waals surface area contributed by atoms with Crippen LogP contribution in [0, 0.1) is 11.8 Å². The smallest absolute Gasteiger partial charge is 0.222 e. The van der Waals surface area contributed by atoms with Gasteiger partial charge in [0.15, 0.2) is 0 Å². The lowest BCUT2D eigenvalue weighted by Gasteiger charge is -2.46. The van der Waals surface area contributed by atoms with Gasteiger partial charge in [0.2, 0.25) is 5.91 Å². The lowest BCUT2D eigenvalue weighted by molar-refractivity contribution is -0.135. The zero-order valence-electron chi connectivity index (χ0n) is 16.2. The van der Waals surface area contributed by atoms with Gasteiger partial charge in [-0.05, 0) is 49.3 Å². The van der Waals surface area contributed by atoms with Gasteiger partial charge >= 0.3 is 0 Å². The van der Waals surface area contributed by atoms with Crippen LogP contribution in [0.25, 0.3) is 0 Å². The van der Waals surface area contributed by atoms with Gasteiger partial charge in [-0.25, -0.2) is 0 Å². The normalized spacial score (nSPS) is 28.9. The van der Waals surface area contributed by atoms with Gasteiger partial charge in [0.1, 0.15) is 0 Å². The first kappa shape index (κ1) is 18.8. The average molecular weight is 373 g/mol. The second-order valence-electron chi connectivity index (χ2n) is 8.32. The third-order valence-corrected chi connectivity index (χ3v) is 6.28. The molecule has 0 spiro atoms. The number of morpholine rings is 1. The number of aromatic nitrogens is 1. The van der Waals surface area contributed by atoms with Gasteiger partial charge in [-0.2, -0.15) is 0 Å². The van der Waals surface area contributed by atoms with E-state index in [1.165, 1.54) is 18.5 Å². The van der Waals surface area contributed by atoms with Gasteiger partial charge in [-0.15, -0.1) is 0 Å². The summed E-state index contributed by atoms with van der Waals surface area (Å²) in [6, 6.07) is 4.75. The number of piperidine rings is 2. The SMILES string of the molecule is O=C(CCC[C@H]1NC[C@@H]2C[C@@H]1CN(Cc1cccnc1)C2)N1CCOCC1. The molecule has 1 amide bonds. The summed E-state index contributed by atoms with van der Waals surface area (Å²) in [6.07, 6.45) is 7.92.